The molecule has 1 heterocycles. The summed E-state index contributed by atoms with van der Waals surface area (Å²) < 4.78 is 0.946. The van der Waals surface area contributed by atoms with Crippen LogP contribution in [0.2, 0.25) is 0 Å². The third-order valence-corrected chi connectivity index (χ3v) is 7.94. The van der Waals surface area contributed by atoms with Gasteiger partial charge in [-0.15, -0.1) is 0 Å². The first kappa shape index (κ1) is 39.1. The smallest absolute Gasteiger partial charge is 0.321 e. The van der Waals surface area contributed by atoms with Gasteiger partial charge in [0.2, 0.25) is 0 Å². The molecular weight excluding hydrogens is 586 g/mol. The molecule has 246 valence electrons. The molecule has 0 aliphatic carbocycles. The second-order valence-electron chi connectivity index (χ2n) is 11.6. The normalized spacial score (nSPS) is 12.8. The summed E-state index contributed by atoms with van der Waals surface area (Å²) in [7, 11) is 0. The number of carbonyl (C=O) groups is 2. The zero-order valence-corrected chi connectivity index (χ0v) is 29.2. The molecule has 0 atom stereocenters. The number of carboxylic acids is 1. The maximum absolute atomic E-state index is 12.0. The maximum atomic E-state index is 12.0. The van der Waals surface area contributed by atoms with Crippen LogP contribution < -0.4 is 10.6 Å². The van der Waals surface area contributed by atoms with E-state index in [1.807, 2.05) is 66.7 Å². The molecule has 0 bridgehead atoms. The Hall–Kier alpha value is -3.89. The molecule has 9 nitrogen and oxygen atoms in total. The highest BCUT2D eigenvalue weighted by Gasteiger charge is 2.30. The van der Waals surface area contributed by atoms with Gasteiger partial charge in [0.1, 0.15) is 5.60 Å². The van der Waals surface area contributed by atoms with E-state index in [4.69, 9.17) is 5.11 Å². The van der Waals surface area contributed by atoms with Crippen LogP contribution in [-0.2, 0) is 4.79 Å². The summed E-state index contributed by atoms with van der Waals surface area (Å²) >= 11 is 1.41. The minimum absolute atomic E-state index is 0.296. The average Bonchev–Trinajstić information content (AvgIpc) is 3.34. The number of allylic oxidation sites excluding steroid dienone is 5. The van der Waals surface area contributed by atoms with E-state index < -0.39 is 17.0 Å². The van der Waals surface area contributed by atoms with Gasteiger partial charge in [0, 0.05) is 24.7 Å². The second kappa shape index (κ2) is 18.2. The number of aliphatic hydroxyl groups is 1. The molecule has 0 aliphatic heterocycles. The van der Waals surface area contributed by atoms with E-state index in [-0.39, 0.29) is 6.03 Å². The molecule has 0 radical (unpaired) electrons. The van der Waals surface area contributed by atoms with Crippen LogP contribution in [0.15, 0.2) is 58.8 Å². The van der Waals surface area contributed by atoms with Gasteiger partial charge in [-0.25, -0.2) is 9.78 Å². The minimum atomic E-state index is -1.11. The van der Waals surface area contributed by atoms with Gasteiger partial charge in [0.15, 0.2) is 5.13 Å². The van der Waals surface area contributed by atoms with Gasteiger partial charge in [-0.2, -0.15) is 0 Å². The number of aromatic nitrogens is 1. The van der Waals surface area contributed by atoms with Crippen LogP contribution in [0.4, 0.5) is 9.93 Å². The number of nitrogens with one attached hydrogen (secondary N) is 2. The fraction of sp³-hybridized carbons (Fsp3) is 0.457. The van der Waals surface area contributed by atoms with Gasteiger partial charge in [0.05, 0.1) is 21.3 Å². The Morgan fingerprint density at radius 1 is 1.07 bits per heavy atom. The van der Waals surface area contributed by atoms with Gasteiger partial charge in [-0.3, -0.25) is 20.1 Å². The third kappa shape index (κ3) is 12.6. The Balaban J connectivity index is 0.000000782. The lowest BCUT2D eigenvalue weighted by Gasteiger charge is -2.23. The SMILES string of the molecule is C=C(C)N=C/C=C(\C)c1cc(/C(C=NC(=C)C(C)(C)O)=C/C)cc2nc(NC(=O)NCC)sc12.CCCC(C)(CCC)C(=O)O. The summed E-state index contributed by atoms with van der Waals surface area (Å²) in [5, 5.41) is 25.0. The standard InChI is InChI=1S/C26H33N5O2S.C9H18O2/c1-9-19(15-29-18(6)26(7,8)33)20-13-21(17(5)11-12-28-16(3)4)23-22(14-20)30-25(34-23)31-24(32)27-10-2;1-4-6-9(3,7-5-2)8(10)11/h9,11-15,33H,3,6,10H2,1-2,4-5,7-8H3,(H2,27,30,31,32);4-7H2,1-3H3,(H,10,11)/b17-11+,19-9+,28-12?,29-15?;. The van der Waals surface area contributed by atoms with Crippen molar-refractivity contribution < 1.29 is 19.8 Å². The van der Waals surface area contributed by atoms with Crippen molar-refractivity contribution in [3.63, 3.8) is 0 Å². The van der Waals surface area contributed by atoms with E-state index >= 15 is 0 Å². The predicted octanol–water partition coefficient (Wildman–Crippen LogP) is 8.88. The number of aliphatic carboxylic acids is 1. The number of fused-ring (bicyclic) bond motifs is 1. The topological polar surface area (TPSA) is 136 Å². The van der Waals surface area contributed by atoms with Gasteiger partial charge in [-0.1, -0.05) is 57.3 Å². The molecule has 0 unspecified atom stereocenters. The number of hydrogen-bond acceptors (Lipinski definition) is 7. The summed E-state index contributed by atoms with van der Waals surface area (Å²) in [5.41, 5.74) is 3.94. The first-order valence-electron chi connectivity index (χ1n) is 15.2. The maximum Gasteiger partial charge on any atom is 0.321 e. The lowest BCUT2D eigenvalue weighted by atomic mass is 9.81. The first-order chi connectivity index (χ1) is 21.0. The van der Waals surface area contributed by atoms with Crippen LogP contribution >= 0.6 is 11.3 Å². The first-order valence-corrected chi connectivity index (χ1v) is 16.1. The van der Waals surface area contributed by atoms with Crippen LogP contribution in [0.5, 0.6) is 0 Å². The minimum Gasteiger partial charge on any atom is -0.481 e. The van der Waals surface area contributed by atoms with Crippen LogP contribution in [0.1, 0.15) is 99.1 Å². The molecular formula is C35H51N5O4S. The zero-order valence-electron chi connectivity index (χ0n) is 28.4. The summed E-state index contributed by atoms with van der Waals surface area (Å²) in [5.74, 6) is -0.652. The summed E-state index contributed by atoms with van der Waals surface area (Å²) in [4.78, 5) is 36.1. The lowest BCUT2D eigenvalue weighted by molar-refractivity contribution is -0.148. The lowest BCUT2D eigenvalue weighted by Crippen LogP contribution is -2.28. The quantitative estimate of drug-likeness (QED) is 0.153. The van der Waals surface area contributed by atoms with Crippen molar-refractivity contribution in [1.29, 1.82) is 0 Å². The third-order valence-electron chi connectivity index (χ3n) is 6.92. The van der Waals surface area contributed by atoms with Crippen molar-refractivity contribution in [1.82, 2.24) is 10.3 Å². The fourth-order valence-electron chi connectivity index (χ4n) is 4.28. The van der Waals surface area contributed by atoms with E-state index in [1.165, 1.54) is 11.3 Å². The number of carboxylic acid groups (broad SMARTS) is 1. The van der Waals surface area contributed by atoms with Gasteiger partial charge in [-0.05, 0) is 102 Å². The second-order valence-corrected chi connectivity index (χ2v) is 12.6. The highest BCUT2D eigenvalue weighted by Crippen LogP contribution is 2.35. The van der Waals surface area contributed by atoms with Crippen LogP contribution in [0.25, 0.3) is 21.4 Å². The number of rotatable bonds is 14. The van der Waals surface area contributed by atoms with Crippen LogP contribution in [-0.4, -0.2) is 51.8 Å². The summed E-state index contributed by atoms with van der Waals surface area (Å²) in [6.45, 7) is 25.0. The monoisotopic (exact) mass is 637 g/mol. The summed E-state index contributed by atoms with van der Waals surface area (Å²) in [6, 6.07) is 3.72. The zero-order chi connectivity index (χ0) is 34.4. The van der Waals surface area contributed by atoms with Gasteiger partial charge >= 0.3 is 12.0 Å². The molecule has 10 heteroatoms. The number of amides is 2. The van der Waals surface area contributed by atoms with E-state index in [0.29, 0.717) is 23.1 Å². The number of nitrogens with zero attached hydrogens (tertiary/aromatic N) is 3. The number of hydrogen-bond donors (Lipinski definition) is 4. The van der Waals surface area contributed by atoms with Crippen molar-refractivity contribution in [3.8, 4) is 0 Å². The molecule has 2 rings (SSSR count). The van der Waals surface area contributed by atoms with E-state index in [9.17, 15) is 14.7 Å². The van der Waals surface area contributed by atoms with Crippen molar-refractivity contribution >= 4 is 62.3 Å². The van der Waals surface area contributed by atoms with Crippen LogP contribution in [0.3, 0.4) is 0 Å². The van der Waals surface area contributed by atoms with Crippen molar-refractivity contribution in [2.45, 2.75) is 93.6 Å². The number of anilines is 1. The molecule has 0 saturated heterocycles. The van der Waals surface area contributed by atoms with Crippen LogP contribution in [0, 0.1) is 5.41 Å². The Labute approximate surface area is 272 Å². The molecule has 2 amide bonds. The largest absolute Gasteiger partial charge is 0.481 e. The molecule has 2 aromatic rings. The molecule has 0 saturated carbocycles. The number of aliphatic imine (C=N–C) groups is 2. The Morgan fingerprint density at radius 3 is 2.18 bits per heavy atom. The Kier molecular flexibility index (Phi) is 15.8. The van der Waals surface area contributed by atoms with Gasteiger partial charge in [0.25, 0.3) is 0 Å². The highest BCUT2D eigenvalue weighted by atomic mass is 32.1. The summed E-state index contributed by atoms with van der Waals surface area (Å²) in [6.07, 6.45) is 10.7. The van der Waals surface area contributed by atoms with Gasteiger partial charge < -0.3 is 15.5 Å². The molecule has 4 N–H and O–H groups in total. The fourth-order valence-corrected chi connectivity index (χ4v) is 5.30. The average molecular weight is 638 g/mol. The Bertz CT molecular complexity index is 1470. The van der Waals surface area contributed by atoms with Crippen molar-refractivity contribution in [3.05, 3.63) is 60.0 Å². The molecule has 0 aliphatic rings. The van der Waals surface area contributed by atoms with E-state index in [1.54, 1.807) is 26.3 Å². The van der Waals surface area contributed by atoms with Crippen molar-refractivity contribution in [2.75, 3.05) is 11.9 Å². The number of thiazole rings is 1. The van der Waals surface area contributed by atoms with Crippen molar-refractivity contribution in [2.24, 2.45) is 15.4 Å². The number of benzene rings is 1. The number of carbonyl (C=O) groups excluding carboxylic acids is 1. The van der Waals surface area contributed by atoms with E-state index in [0.717, 1.165) is 58.2 Å². The molecule has 1 aromatic carbocycles. The molecule has 0 spiro atoms. The molecule has 1 aromatic heterocycles. The number of urea groups is 1. The van der Waals surface area contributed by atoms with E-state index in [2.05, 4.69) is 44.8 Å². The predicted molar refractivity (Wildman–Crippen MR) is 192 cm³/mol. The highest BCUT2D eigenvalue weighted by molar-refractivity contribution is 7.22. The molecule has 45 heavy (non-hydrogen) atoms. The Morgan fingerprint density at radius 2 is 1.69 bits per heavy atom. The molecule has 0 fully saturated rings.